The summed E-state index contributed by atoms with van der Waals surface area (Å²) in [6, 6.07) is 10.4. The Labute approximate surface area is 123 Å². The summed E-state index contributed by atoms with van der Waals surface area (Å²) < 4.78 is 5.61. The van der Waals surface area contributed by atoms with Crippen LogP contribution in [-0.2, 0) is 5.54 Å². The molecule has 20 heavy (non-hydrogen) atoms. The first kappa shape index (κ1) is 13.2. The highest BCUT2D eigenvalue weighted by molar-refractivity contribution is 6.28. The summed E-state index contributed by atoms with van der Waals surface area (Å²) >= 11 is 5.93. The molecular weight excluding hydrogens is 274 g/mol. The van der Waals surface area contributed by atoms with Gasteiger partial charge in [0.15, 0.2) is 11.6 Å². The molecule has 1 aliphatic heterocycles. The van der Waals surface area contributed by atoms with Crippen LogP contribution in [0.25, 0.3) is 0 Å². The lowest BCUT2D eigenvalue weighted by Gasteiger charge is -2.42. The van der Waals surface area contributed by atoms with E-state index in [9.17, 15) is 0 Å². The first-order valence-corrected chi connectivity index (χ1v) is 6.95. The molecule has 1 aromatic carbocycles. The highest BCUT2D eigenvalue weighted by atomic mass is 35.5. The molecule has 2 aromatic rings. The smallest absolute Gasteiger partial charge is 0.224 e. The quantitative estimate of drug-likeness (QED) is 0.796. The molecule has 0 saturated carbocycles. The second-order valence-electron chi connectivity index (χ2n) is 5.25. The van der Waals surface area contributed by atoms with Crippen molar-refractivity contribution in [1.82, 2.24) is 9.97 Å². The maximum absolute atomic E-state index is 5.93. The van der Waals surface area contributed by atoms with Crippen LogP contribution in [0.5, 0.6) is 5.75 Å². The third-order valence-electron chi connectivity index (χ3n) is 3.69. The van der Waals surface area contributed by atoms with Gasteiger partial charge in [-0.25, -0.2) is 4.98 Å². The maximum atomic E-state index is 5.93. The van der Waals surface area contributed by atoms with Gasteiger partial charge in [0.2, 0.25) is 5.28 Å². The van der Waals surface area contributed by atoms with Gasteiger partial charge in [-0.1, -0.05) is 30.3 Å². The van der Waals surface area contributed by atoms with E-state index >= 15 is 0 Å². The first-order chi connectivity index (χ1) is 9.59. The number of halogens is 1. The van der Waals surface area contributed by atoms with Crippen molar-refractivity contribution < 1.29 is 4.74 Å². The third-order valence-corrected chi connectivity index (χ3v) is 3.87. The summed E-state index contributed by atoms with van der Waals surface area (Å²) in [6.45, 7) is 5.73. The summed E-state index contributed by atoms with van der Waals surface area (Å²) in [6.07, 6.45) is 1.64. The number of fused-ring (bicyclic) bond motifs is 1. The van der Waals surface area contributed by atoms with E-state index < -0.39 is 0 Å². The highest BCUT2D eigenvalue weighted by Crippen LogP contribution is 2.38. The first-order valence-electron chi connectivity index (χ1n) is 6.57. The van der Waals surface area contributed by atoms with E-state index in [-0.39, 0.29) is 10.8 Å². The van der Waals surface area contributed by atoms with Crippen molar-refractivity contribution in [2.24, 2.45) is 0 Å². The van der Waals surface area contributed by atoms with Gasteiger partial charge in [0.05, 0.1) is 18.3 Å². The van der Waals surface area contributed by atoms with Gasteiger partial charge < -0.3 is 9.64 Å². The molecule has 0 radical (unpaired) electrons. The summed E-state index contributed by atoms with van der Waals surface area (Å²) in [7, 11) is 0. The minimum atomic E-state index is -0.197. The van der Waals surface area contributed by atoms with Crippen molar-refractivity contribution in [3.63, 3.8) is 0 Å². The van der Waals surface area contributed by atoms with E-state index in [1.54, 1.807) is 6.20 Å². The summed E-state index contributed by atoms with van der Waals surface area (Å²) in [4.78, 5) is 10.5. The Hall–Kier alpha value is -1.81. The van der Waals surface area contributed by atoms with E-state index in [4.69, 9.17) is 16.3 Å². The van der Waals surface area contributed by atoms with Crippen LogP contribution < -0.4 is 9.64 Å². The number of rotatable bonds is 2. The lowest BCUT2D eigenvalue weighted by molar-refractivity contribution is 0.281. The average molecular weight is 290 g/mol. The van der Waals surface area contributed by atoms with Gasteiger partial charge in [-0.3, -0.25) is 0 Å². The molecule has 1 aliphatic rings. The van der Waals surface area contributed by atoms with Crippen LogP contribution in [-0.4, -0.2) is 23.1 Å². The van der Waals surface area contributed by atoms with Crippen LogP contribution >= 0.6 is 11.6 Å². The largest absolute Gasteiger partial charge is 0.486 e. The number of hydrogen-bond acceptors (Lipinski definition) is 4. The molecule has 0 aliphatic carbocycles. The molecule has 0 amide bonds. The van der Waals surface area contributed by atoms with Crippen molar-refractivity contribution in [1.29, 1.82) is 0 Å². The molecule has 3 rings (SSSR count). The zero-order valence-electron chi connectivity index (χ0n) is 11.5. The molecule has 0 spiro atoms. The summed E-state index contributed by atoms with van der Waals surface area (Å²) in [5.74, 6) is 1.44. The molecule has 0 saturated heterocycles. The molecule has 0 N–H and O–H groups in total. The third kappa shape index (κ3) is 2.20. The zero-order valence-corrected chi connectivity index (χ0v) is 12.3. The van der Waals surface area contributed by atoms with E-state index in [0.717, 1.165) is 12.4 Å². The molecule has 2 heterocycles. The predicted octanol–water partition coefficient (Wildman–Crippen LogP) is 3.26. The molecule has 5 heteroatoms. The van der Waals surface area contributed by atoms with Crippen molar-refractivity contribution in [3.8, 4) is 5.75 Å². The van der Waals surface area contributed by atoms with Gasteiger partial charge in [-0.15, -0.1) is 0 Å². The molecule has 1 aromatic heterocycles. The summed E-state index contributed by atoms with van der Waals surface area (Å²) in [5.41, 5.74) is 1.03. The van der Waals surface area contributed by atoms with Crippen LogP contribution in [0.1, 0.15) is 19.4 Å². The van der Waals surface area contributed by atoms with Crippen LogP contribution in [0, 0.1) is 0 Å². The van der Waals surface area contributed by atoms with E-state index in [2.05, 4.69) is 40.8 Å². The average Bonchev–Trinajstić information content (AvgIpc) is 2.47. The van der Waals surface area contributed by atoms with Crippen LogP contribution in [0.2, 0.25) is 5.28 Å². The monoisotopic (exact) mass is 289 g/mol. The fraction of sp³-hybridized carbons (Fsp3) is 0.333. The normalized spacial score (nSPS) is 14.7. The molecular formula is C15H16ClN3O. The number of benzene rings is 1. The molecule has 4 nitrogen and oxygen atoms in total. The predicted molar refractivity (Wildman–Crippen MR) is 79.4 cm³/mol. The molecule has 0 atom stereocenters. The van der Waals surface area contributed by atoms with Crippen molar-refractivity contribution in [3.05, 3.63) is 47.4 Å². The minimum absolute atomic E-state index is 0.197. The Kier molecular flexibility index (Phi) is 3.26. The Bertz CT molecular complexity index is 616. The van der Waals surface area contributed by atoms with Gasteiger partial charge in [-0.2, -0.15) is 4.98 Å². The molecule has 0 unspecified atom stereocenters. The standard InChI is InChI=1S/C15H16ClN3O/c1-15(2,11-6-4-3-5-7-11)19-8-9-20-12-10-17-14(16)18-13(12)19/h3-7,10H,8-9H2,1-2H3. The Morgan fingerprint density at radius 2 is 2.00 bits per heavy atom. The maximum Gasteiger partial charge on any atom is 0.224 e. The van der Waals surface area contributed by atoms with Gasteiger partial charge in [0, 0.05) is 0 Å². The Morgan fingerprint density at radius 3 is 2.75 bits per heavy atom. The highest BCUT2D eigenvalue weighted by Gasteiger charge is 2.34. The van der Waals surface area contributed by atoms with Crippen molar-refractivity contribution >= 4 is 17.4 Å². The summed E-state index contributed by atoms with van der Waals surface area (Å²) in [5, 5.41) is 0.239. The molecule has 104 valence electrons. The fourth-order valence-electron chi connectivity index (χ4n) is 2.54. The number of nitrogens with zero attached hydrogens (tertiary/aromatic N) is 3. The lowest BCUT2D eigenvalue weighted by Crippen LogP contribution is -2.46. The van der Waals surface area contributed by atoms with E-state index in [1.165, 1.54) is 5.56 Å². The van der Waals surface area contributed by atoms with Gasteiger partial charge in [0.1, 0.15) is 6.61 Å². The minimum Gasteiger partial charge on any atom is -0.486 e. The van der Waals surface area contributed by atoms with Gasteiger partial charge >= 0.3 is 0 Å². The van der Waals surface area contributed by atoms with E-state index in [1.807, 2.05) is 18.2 Å². The van der Waals surface area contributed by atoms with Crippen LogP contribution in [0.15, 0.2) is 36.5 Å². The number of hydrogen-bond donors (Lipinski definition) is 0. The zero-order chi connectivity index (χ0) is 14.2. The second kappa shape index (κ2) is 4.94. The topological polar surface area (TPSA) is 38.2 Å². The SMILES string of the molecule is CC(C)(c1ccccc1)N1CCOc2cnc(Cl)nc21. The van der Waals surface area contributed by atoms with Crippen LogP contribution in [0.4, 0.5) is 5.82 Å². The number of anilines is 1. The molecule has 0 fully saturated rings. The fourth-order valence-corrected chi connectivity index (χ4v) is 2.66. The Morgan fingerprint density at radius 1 is 1.25 bits per heavy atom. The van der Waals surface area contributed by atoms with E-state index in [0.29, 0.717) is 12.4 Å². The molecule has 0 bridgehead atoms. The Balaban J connectivity index is 2.06. The van der Waals surface area contributed by atoms with Crippen molar-refractivity contribution in [2.45, 2.75) is 19.4 Å². The van der Waals surface area contributed by atoms with Crippen molar-refractivity contribution in [2.75, 3.05) is 18.1 Å². The van der Waals surface area contributed by atoms with Gasteiger partial charge in [0.25, 0.3) is 0 Å². The van der Waals surface area contributed by atoms with Crippen LogP contribution in [0.3, 0.4) is 0 Å². The lowest BCUT2D eigenvalue weighted by atomic mass is 9.92. The second-order valence-corrected chi connectivity index (χ2v) is 5.59. The number of aromatic nitrogens is 2. The van der Waals surface area contributed by atoms with Gasteiger partial charge in [-0.05, 0) is 31.0 Å². The number of ether oxygens (including phenoxy) is 1.